The van der Waals surface area contributed by atoms with Gasteiger partial charge in [0.2, 0.25) is 0 Å². The average molecular weight is 158 g/mol. The summed E-state index contributed by atoms with van der Waals surface area (Å²) in [4.78, 5) is 13.9. The fraction of sp³-hybridized carbons (Fsp3) is 0.100. The van der Waals surface area contributed by atoms with Crippen molar-refractivity contribution in [2.45, 2.75) is 6.92 Å². The van der Waals surface area contributed by atoms with Gasteiger partial charge in [-0.25, -0.2) is 0 Å². The van der Waals surface area contributed by atoms with Gasteiger partial charge in [-0.2, -0.15) is 0 Å². The smallest absolute Gasteiger partial charge is 0.251 e. The zero-order valence-electron chi connectivity index (χ0n) is 6.72. The zero-order valence-corrected chi connectivity index (χ0v) is 6.72. The molecule has 1 radical (unpaired) electrons. The first-order chi connectivity index (χ1) is 5.77. The van der Waals surface area contributed by atoms with Crippen molar-refractivity contribution >= 4 is 10.9 Å². The second-order valence-corrected chi connectivity index (χ2v) is 2.75. The molecule has 1 heterocycles. The highest BCUT2D eigenvalue weighted by Crippen LogP contribution is 2.07. The Morgan fingerprint density at radius 1 is 1.33 bits per heavy atom. The van der Waals surface area contributed by atoms with Crippen LogP contribution in [0.15, 0.2) is 29.1 Å². The number of H-pyrrole nitrogens is 1. The highest BCUT2D eigenvalue weighted by Gasteiger charge is 1.96. The monoisotopic (exact) mass is 158 g/mol. The molecule has 1 aromatic carbocycles. The van der Waals surface area contributed by atoms with Crippen LogP contribution in [-0.4, -0.2) is 4.98 Å². The van der Waals surface area contributed by atoms with Gasteiger partial charge in [0.1, 0.15) is 0 Å². The molecule has 0 spiro atoms. The molecule has 0 aliphatic carbocycles. The second-order valence-electron chi connectivity index (χ2n) is 2.75. The summed E-state index contributed by atoms with van der Waals surface area (Å²) >= 11 is 0. The van der Waals surface area contributed by atoms with Crippen molar-refractivity contribution in [1.82, 2.24) is 4.98 Å². The molecule has 0 bridgehead atoms. The summed E-state index contributed by atoms with van der Waals surface area (Å²) in [6.45, 7) is 1.76. The Hall–Kier alpha value is -1.57. The molecule has 0 aliphatic heterocycles. The second kappa shape index (κ2) is 2.48. The van der Waals surface area contributed by atoms with Gasteiger partial charge in [0, 0.05) is 22.5 Å². The van der Waals surface area contributed by atoms with Crippen LogP contribution in [0.5, 0.6) is 0 Å². The topological polar surface area (TPSA) is 32.9 Å². The minimum absolute atomic E-state index is 0.0614. The number of aromatic amines is 1. The van der Waals surface area contributed by atoms with E-state index in [0.29, 0.717) is 5.56 Å². The van der Waals surface area contributed by atoms with Gasteiger partial charge in [0.05, 0.1) is 0 Å². The largest absolute Gasteiger partial charge is 0.322 e. The lowest BCUT2D eigenvalue weighted by molar-refractivity contribution is 1.23. The first kappa shape index (κ1) is 7.10. The number of aromatic nitrogens is 1. The molecule has 1 N–H and O–H groups in total. The molecule has 0 saturated heterocycles. The van der Waals surface area contributed by atoms with Crippen molar-refractivity contribution in [3.8, 4) is 0 Å². The number of rotatable bonds is 0. The zero-order chi connectivity index (χ0) is 8.55. The van der Waals surface area contributed by atoms with Gasteiger partial charge in [-0.3, -0.25) is 4.79 Å². The van der Waals surface area contributed by atoms with E-state index in [1.807, 2.05) is 24.3 Å². The van der Waals surface area contributed by atoms with Crippen molar-refractivity contribution in [2.24, 2.45) is 0 Å². The van der Waals surface area contributed by atoms with Gasteiger partial charge in [0.25, 0.3) is 5.56 Å². The Morgan fingerprint density at radius 2 is 2.08 bits per heavy atom. The number of fused-ring (bicyclic) bond motifs is 1. The molecule has 0 aliphatic rings. The maximum atomic E-state index is 11.1. The van der Waals surface area contributed by atoms with E-state index < -0.39 is 0 Å². The van der Waals surface area contributed by atoms with Crippen LogP contribution in [-0.2, 0) is 0 Å². The van der Waals surface area contributed by atoms with E-state index in [1.165, 1.54) is 0 Å². The molecule has 2 rings (SSSR count). The number of pyridine rings is 1. The summed E-state index contributed by atoms with van der Waals surface area (Å²) in [5.41, 5.74) is 1.41. The summed E-state index contributed by atoms with van der Waals surface area (Å²) < 4.78 is 0. The SMILES string of the molecule is Cc1[c]c2ccccc2[nH]c1=O. The number of para-hydroxylation sites is 1. The Morgan fingerprint density at radius 3 is 2.92 bits per heavy atom. The molecular formula is C10H8NO. The molecule has 59 valence electrons. The average Bonchev–Trinajstić information content (AvgIpc) is 2.07. The highest BCUT2D eigenvalue weighted by atomic mass is 16.1. The predicted octanol–water partition coefficient (Wildman–Crippen LogP) is 1.64. The maximum absolute atomic E-state index is 11.1. The van der Waals surface area contributed by atoms with Crippen LogP contribution in [0.2, 0.25) is 0 Å². The van der Waals surface area contributed by atoms with E-state index in [2.05, 4.69) is 11.1 Å². The Bertz CT molecular complexity index is 470. The Kier molecular flexibility index (Phi) is 1.47. The molecule has 2 nitrogen and oxygen atoms in total. The third-order valence-corrected chi connectivity index (χ3v) is 1.84. The van der Waals surface area contributed by atoms with Crippen LogP contribution in [0.4, 0.5) is 0 Å². The van der Waals surface area contributed by atoms with E-state index in [9.17, 15) is 4.79 Å². The lowest BCUT2D eigenvalue weighted by Gasteiger charge is -1.96. The van der Waals surface area contributed by atoms with E-state index in [1.54, 1.807) is 6.92 Å². The van der Waals surface area contributed by atoms with Crippen LogP contribution >= 0.6 is 0 Å². The van der Waals surface area contributed by atoms with Crippen molar-refractivity contribution in [3.63, 3.8) is 0 Å². The van der Waals surface area contributed by atoms with Crippen LogP contribution < -0.4 is 5.56 Å². The number of aryl methyl sites for hydroxylation is 1. The molecule has 0 amide bonds. The standard InChI is InChI=1S/C10H8NO/c1-7-6-8-4-2-3-5-9(8)11-10(7)12/h2-5H,1H3,(H,11,12). The minimum atomic E-state index is -0.0614. The summed E-state index contributed by atoms with van der Waals surface area (Å²) in [6.07, 6.45) is 0. The van der Waals surface area contributed by atoms with Crippen LogP contribution in [0.3, 0.4) is 0 Å². The lowest BCUT2D eigenvalue weighted by atomic mass is 10.2. The molecule has 0 unspecified atom stereocenters. The Labute approximate surface area is 69.9 Å². The fourth-order valence-electron chi connectivity index (χ4n) is 1.18. The van der Waals surface area contributed by atoms with Crippen LogP contribution in [0.1, 0.15) is 5.56 Å². The van der Waals surface area contributed by atoms with E-state index in [0.717, 1.165) is 10.9 Å². The van der Waals surface area contributed by atoms with Gasteiger partial charge >= 0.3 is 0 Å². The number of nitrogens with one attached hydrogen (secondary N) is 1. The van der Waals surface area contributed by atoms with Crippen LogP contribution in [0, 0.1) is 13.0 Å². The first-order valence-corrected chi connectivity index (χ1v) is 3.78. The normalized spacial score (nSPS) is 10.4. The number of hydrogen-bond acceptors (Lipinski definition) is 1. The maximum Gasteiger partial charge on any atom is 0.251 e. The molecule has 0 fully saturated rings. The number of hydrogen-bond donors (Lipinski definition) is 1. The molecular weight excluding hydrogens is 150 g/mol. The fourth-order valence-corrected chi connectivity index (χ4v) is 1.18. The highest BCUT2D eigenvalue weighted by molar-refractivity contribution is 5.77. The van der Waals surface area contributed by atoms with Crippen LogP contribution in [0.25, 0.3) is 10.9 Å². The van der Waals surface area contributed by atoms with E-state index in [4.69, 9.17) is 0 Å². The minimum Gasteiger partial charge on any atom is -0.322 e. The quantitative estimate of drug-likeness (QED) is 0.621. The molecule has 0 atom stereocenters. The number of benzene rings is 1. The Balaban J connectivity index is 2.93. The summed E-state index contributed by atoms with van der Waals surface area (Å²) in [6, 6.07) is 10.6. The van der Waals surface area contributed by atoms with E-state index in [-0.39, 0.29) is 5.56 Å². The predicted molar refractivity (Wildman–Crippen MR) is 48.1 cm³/mol. The van der Waals surface area contributed by atoms with Crippen molar-refractivity contribution in [2.75, 3.05) is 0 Å². The molecule has 2 aromatic rings. The van der Waals surface area contributed by atoms with Gasteiger partial charge in [-0.1, -0.05) is 18.2 Å². The molecule has 1 aromatic heterocycles. The van der Waals surface area contributed by atoms with Crippen molar-refractivity contribution < 1.29 is 0 Å². The third-order valence-electron chi connectivity index (χ3n) is 1.84. The molecule has 2 heteroatoms. The van der Waals surface area contributed by atoms with Crippen molar-refractivity contribution in [3.05, 3.63) is 46.2 Å². The summed E-state index contributed by atoms with van der Waals surface area (Å²) in [5.74, 6) is 0. The van der Waals surface area contributed by atoms with Gasteiger partial charge < -0.3 is 4.98 Å². The first-order valence-electron chi connectivity index (χ1n) is 3.78. The van der Waals surface area contributed by atoms with Gasteiger partial charge in [-0.15, -0.1) is 0 Å². The third kappa shape index (κ3) is 1.01. The van der Waals surface area contributed by atoms with Gasteiger partial charge in [0.15, 0.2) is 0 Å². The van der Waals surface area contributed by atoms with Gasteiger partial charge in [-0.05, 0) is 13.0 Å². The molecule has 0 saturated carbocycles. The van der Waals surface area contributed by atoms with E-state index >= 15 is 0 Å². The molecule has 12 heavy (non-hydrogen) atoms. The van der Waals surface area contributed by atoms with Crippen molar-refractivity contribution in [1.29, 1.82) is 0 Å². The summed E-state index contributed by atoms with van der Waals surface area (Å²) in [5, 5.41) is 0.953. The lowest BCUT2D eigenvalue weighted by Crippen LogP contribution is -2.08. The summed E-state index contributed by atoms with van der Waals surface area (Å²) in [7, 11) is 0.